The average Bonchev–Trinajstić information content (AvgIpc) is 2.55. The monoisotopic (exact) mass is 574 g/mol. The van der Waals surface area contributed by atoms with Crippen molar-refractivity contribution in [2.24, 2.45) is 0 Å². The Morgan fingerprint density at radius 1 is 1.16 bits per heavy atom. The predicted molar refractivity (Wildman–Crippen MR) is 75.6 cm³/mol. The fourth-order valence-corrected chi connectivity index (χ4v) is 13.1. The van der Waals surface area contributed by atoms with Crippen molar-refractivity contribution in [2.75, 3.05) is 0 Å². The van der Waals surface area contributed by atoms with Gasteiger partial charge in [0.15, 0.2) is 0 Å². The average molecular weight is 575 g/mol. The van der Waals surface area contributed by atoms with Gasteiger partial charge >= 0.3 is 118 Å². The van der Waals surface area contributed by atoms with E-state index in [9.17, 15) is 0 Å². The molecule has 0 heterocycles. The van der Waals surface area contributed by atoms with Crippen molar-refractivity contribution in [3.05, 3.63) is 41.0 Å². The number of benzene rings is 1. The molecule has 4 heteroatoms. The third-order valence-corrected chi connectivity index (χ3v) is 13.5. The van der Waals surface area contributed by atoms with Gasteiger partial charge in [0.1, 0.15) is 0 Å². The number of halogens is 2. The van der Waals surface area contributed by atoms with Crippen LogP contribution in [-0.4, -0.2) is 5.92 Å². The summed E-state index contributed by atoms with van der Waals surface area (Å²) in [6.45, 7) is 9.77. The van der Waals surface area contributed by atoms with E-state index in [0.717, 1.165) is 3.63 Å². The first kappa shape index (κ1) is 20.5. The van der Waals surface area contributed by atoms with Crippen molar-refractivity contribution >= 4 is 11.5 Å². The van der Waals surface area contributed by atoms with Gasteiger partial charge in [-0.1, -0.05) is 0 Å². The summed E-state index contributed by atoms with van der Waals surface area (Å²) in [5.74, 6) is -0.337. The fourth-order valence-electron chi connectivity index (χ4n) is 2.79. The summed E-state index contributed by atoms with van der Waals surface area (Å²) in [4.78, 5) is 0. The Bertz CT molecular complexity index is 444. The van der Waals surface area contributed by atoms with E-state index >= 15 is 0 Å². The van der Waals surface area contributed by atoms with Gasteiger partial charge in [-0.15, -0.1) is 0 Å². The van der Waals surface area contributed by atoms with Gasteiger partial charge < -0.3 is 48.0 Å². The fraction of sp³-hybridized carbons (Fsp3) is 0.467. The molecule has 1 aliphatic rings. The topological polar surface area (TPSA) is 0 Å². The zero-order valence-corrected chi connectivity index (χ0v) is 20.1. The van der Waals surface area contributed by atoms with E-state index in [1.54, 1.807) is 22.3 Å². The van der Waals surface area contributed by atoms with Crippen LogP contribution in [-0.2, 0) is 22.4 Å². The van der Waals surface area contributed by atoms with Gasteiger partial charge in [0.2, 0.25) is 0 Å². The molecule has 0 aromatic heterocycles. The van der Waals surface area contributed by atoms with Crippen LogP contribution in [0.5, 0.6) is 0 Å². The molecule has 0 radical (unpaired) electrons. The minimum atomic E-state index is -0.337. The van der Waals surface area contributed by atoms with E-state index in [2.05, 4.69) is 51.2 Å². The molecule has 0 saturated heterocycles. The molecule has 1 aromatic rings. The quantitative estimate of drug-likeness (QED) is 0.300. The molecule has 0 spiro atoms. The minimum Gasteiger partial charge on any atom is -1.00 e. The molecule has 0 amide bonds. The first-order valence-electron chi connectivity index (χ1n) is 6.70. The van der Waals surface area contributed by atoms with E-state index in [1.807, 2.05) is 0 Å². The zero-order chi connectivity index (χ0) is 12.4. The van der Waals surface area contributed by atoms with Gasteiger partial charge in [0.25, 0.3) is 0 Å². The SMILES string of the molecule is CCCC1=C(C)c2ccccc2[CH]1[Zr+2][SiH](C)C.[I-].[I-]. The Labute approximate surface area is 164 Å². The Kier molecular flexibility index (Phi) is 10.3. The van der Waals surface area contributed by atoms with Gasteiger partial charge in [-0.3, -0.25) is 0 Å². The van der Waals surface area contributed by atoms with Crippen LogP contribution in [0.15, 0.2) is 29.8 Å². The molecule has 0 nitrogen and oxygen atoms in total. The summed E-state index contributed by atoms with van der Waals surface area (Å²) < 4.78 is 0.918. The van der Waals surface area contributed by atoms with Crippen LogP contribution in [0, 0.1) is 0 Å². The van der Waals surface area contributed by atoms with E-state index < -0.39 is 0 Å². The van der Waals surface area contributed by atoms with Crippen LogP contribution in [0.2, 0.25) is 13.1 Å². The smallest absolute Gasteiger partial charge is 1.00 e. The molecular weight excluding hydrogens is 553 g/mol. The van der Waals surface area contributed by atoms with Crippen molar-refractivity contribution in [3.63, 3.8) is 0 Å². The molecule has 19 heavy (non-hydrogen) atoms. The zero-order valence-electron chi connectivity index (χ0n) is 12.1. The van der Waals surface area contributed by atoms with Gasteiger partial charge in [-0.25, -0.2) is 0 Å². The number of allylic oxidation sites excluding steroid dienone is 2. The summed E-state index contributed by atoms with van der Waals surface area (Å²) in [7, 11) is 0. The number of hydrogen-bond donors (Lipinski definition) is 0. The first-order chi connectivity index (χ1) is 8.15. The van der Waals surface area contributed by atoms with Crippen molar-refractivity contribution in [2.45, 2.75) is 43.4 Å². The molecule has 0 N–H and O–H groups in total. The third-order valence-electron chi connectivity index (χ3n) is 3.53. The van der Waals surface area contributed by atoms with Crippen LogP contribution in [0.1, 0.15) is 41.4 Å². The van der Waals surface area contributed by atoms with Gasteiger partial charge in [-0.05, 0) is 0 Å². The predicted octanol–water partition coefficient (Wildman–Crippen LogP) is -1.61. The second-order valence-corrected chi connectivity index (χ2v) is 20.3. The molecule has 1 unspecified atom stereocenters. The molecule has 1 atom stereocenters. The van der Waals surface area contributed by atoms with Crippen molar-refractivity contribution in [1.29, 1.82) is 0 Å². The summed E-state index contributed by atoms with van der Waals surface area (Å²) in [5.41, 5.74) is 6.67. The minimum absolute atomic E-state index is 0. The first-order valence-corrected chi connectivity index (χ1v) is 15.3. The maximum Gasteiger partial charge on any atom is -1.00 e. The Morgan fingerprint density at radius 2 is 1.79 bits per heavy atom. The normalized spacial score (nSPS) is 16.6. The van der Waals surface area contributed by atoms with Gasteiger partial charge in [0, 0.05) is 0 Å². The van der Waals surface area contributed by atoms with Gasteiger partial charge in [-0.2, -0.15) is 0 Å². The molecule has 0 bridgehead atoms. The number of hydrogen-bond acceptors (Lipinski definition) is 0. The molecule has 0 fully saturated rings. The Morgan fingerprint density at radius 3 is 2.37 bits per heavy atom. The third kappa shape index (κ3) is 4.75. The Hall–Kier alpha value is 1.52. The number of fused-ring (bicyclic) bond motifs is 1. The molecule has 1 aliphatic carbocycles. The van der Waals surface area contributed by atoms with Crippen molar-refractivity contribution < 1.29 is 70.3 Å². The van der Waals surface area contributed by atoms with E-state index in [0.29, 0.717) is 0 Å². The van der Waals surface area contributed by atoms with Crippen LogP contribution >= 0.6 is 0 Å². The maximum atomic E-state index is 2.55. The molecule has 2 rings (SSSR count). The van der Waals surface area contributed by atoms with Crippen LogP contribution in [0.25, 0.3) is 5.57 Å². The standard InChI is InChI=1S/C13H15.C2H7Si.2HI.Zr/c1-3-6-11-9-12-7-4-5-8-13(12)10(11)2;1-3-2;;;/h4-5,7-9H,3,6H2,1-2H3;3H,1-2H3;2*1H;/q;;;;+2/p-2. The van der Waals surface area contributed by atoms with Crippen LogP contribution in [0.3, 0.4) is 0 Å². The largest absolute Gasteiger partial charge is 1.00 e. The summed E-state index contributed by atoms with van der Waals surface area (Å²) >= 11 is -0.205. The van der Waals surface area contributed by atoms with E-state index in [1.165, 1.54) is 12.8 Å². The van der Waals surface area contributed by atoms with Crippen molar-refractivity contribution in [3.8, 4) is 0 Å². The van der Waals surface area contributed by atoms with Crippen LogP contribution < -0.4 is 48.0 Å². The molecule has 104 valence electrons. The van der Waals surface area contributed by atoms with Crippen LogP contribution in [0.4, 0.5) is 0 Å². The summed E-state index contributed by atoms with van der Waals surface area (Å²) in [6.07, 6.45) is 2.63. The Balaban J connectivity index is 0.00000162. The van der Waals surface area contributed by atoms with E-state index in [-0.39, 0.29) is 76.3 Å². The number of rotatable bonds is 4. The second-order valence-electron chi connectivity index (χ2n) is 5.24. The van der Waals surface area contributed by atoms with Gasteiger partial charge in [0.05, 0.1) is 0 Å². The summed E-state index contributed by atoms with van der Waals surface area (Å²) in [5, 5.41) is 0. The maximum absolute atomic E-state index is 2.55. The van der Waals surface area contributed by atoms with Crippen molar-refractivity contribution in [1.82, 2.24) is 0 Å². The van der Waals surface area contributed by atoms with E-state index in [4.69, 9.17) is 0 Å². The summed E-state index contributed by atoms with van der Waals surface area (Å²) in [6, 6.07) is 9.16. The molecular formula is C15H22I2SiZr. The molecule has 0 saturated carbocycles. The second kappa shape index (κ2) is 9.52. The molecule has 0 aliphatic heterocycles. The molecule has 1 aromatic carbocycles.